The molecule has 0 aromatic rings. The van der Waals surface area contributed by atoms with Crippen LogP contribution in [0.4, 0.5) is 0 Å². The molecule has 0 unspecified atom stereocenters. The zero-order chi connectivity index (χ0) is 14.8. The van der Waals surface area contributed by atoms with Gasteiger partial charge in [0.2, 0.25) is 11.8 Å². The Morgan fingerprint density at radius 1 is 1.21 bits per heavy atom. The van der Waals surface area contributed by atoms with Crippen LogP contribution in [0.1, 0.15) is 13.8 Å². The quantitative estimate of drug-likeness (QED) is 0.261. The zero-order valence-corrected chi connectivity index (χ0v) is 11.0. The van der Waals surface area contributed by atoms with Gasteiger partial charge in [-0.2, -0.15) is 0 Å². The molecule has 0 aromatic heterocycles. The van der Waals surface area contributed by atoms with Gasteiger partial charge >= 0.3 is 0 Å². The second-order valence-corrected chi connectivity index (χ2v) is 4.11. The van der Waals surface area contributed by atoms with E-state index in [1.165, 1.54) is 0 Å². The summed E-state index contributed by atoms with van der Waals surface area (Å²) in [7, 11) is 0. The first-order valence-electron chi connectivity index (χ1n) is 5.75. The average molecular weight is 273 g/mol. The van der Waals surface area contributed by atoms with Gasteiger partial charge in [0, 0.05) is 5.92 Å². The molecule has 4 N–H and O–H groups in total. The predicted octanol–water partition coefficient (Wildman–Crippen LogP) is -1.66. The summed E-state index contributed by atoms with van der Waals surface area (Å²) in [5.41, 5.74) is 5.05. The lowest BCUT2D eigenvalue weighted by Crippen LogP contribution is -2.43. The van der Waals surface area contributed by atoms with E-state index in [0.29, 0.717) is 0 Å². The number of nitrogens with two attached hydrogens (primary N) is 1. The Hall–Kier alpha value is -2.03. The molecule has 0 spiro atoms. The van der Waals surface area contributed by atoms with Crippen LogP contribution in [0.3, 0.4) is 0 Å². The molecular formula is C10H19N5O4. The second kappa shape index (κ2) is 8.97. The fourth-order valence-electron chi connectivity index (χ4n) is 0.977. The SMILES string of the molecule is CC(C)C(=O)CNC(=O)CN(CNC(=O)CN)N=O. The molecule has 0 aromatic carbocycles. The average Bonchev–Trinajstić information content (AvgIpc) is 2.39. The number of nitrogens with zero attached hydrogens (tertiary/aromatic N) is 2. The van der Waals surface area contributed by atoms with E-state index in [0.717, 1.165) is 5.01 Å². The van der Waals surface area contributed by atoms with E-state index >= 15 is 0 Å². The third-order valence-corrected chi connectivity index (χ3v) is 2.19. The minimum Gasteiger partial charge on any atom is -0.347 e. The van der Waals surface area contributed by atoms with Crippen molar-refractivity contribution < 1.29 is 14.4 Å². The van der Waals surface area contributed by atoms with Crippen LogP contribution in [0.2, 0.25) is 0 Å². The van der Waals surface area contributed by atoms with E-state index in [1.54, 1.807) is 13.8 Å². The van der Waals surface area contributed by atoms with Crippen molar-refractivity contribution in [3.8, 4) is 0 Å². The van der Waals surface area contributed by atoms with Crippen LogP contribution in [0.25, 0.3) is 0 Å². The van der Waals surface area contributed by atoms with E-state index in [9.17, 15) is 19.3 Å². The van der Waals surface area contributed by atoms with Gasteiger partial charge in [-0.25, -0.2) is 5.01 Å². The normalized spacial score (nSPS) is 9.89. The van der Waals surface area contributed by atoms with Crippen molar-refractivity contribution in [1.29, 1.82) is 0 Å². The lowest BCUT2D eigenvalue weighted by atomic mass is 10.1. The predicted molar refractivity (Wildman–Crippen MR) is 67.4 cm³/mol. The summed E-state index contributed by atoms with van der Waals surface area (Å²) in [5.74, 6) is -1.29. The zero-order valence-electron chi connectivity index (χ0n) is 11.0. The summed E-state index contributed by atoms with van der Waals surface area (Å²) in [6, 6.07) is 0. The fraction of sp³-hybridized carbons (Fsp3) is 0.700. The van der Waals surface area contributed by atoms with E-state index < -0.39 is 11.8 Å². The third kappa shape index (κ3) is 7.82. The Balaban J connectivity index is 4.03. The van der Waals surface area contributed by atoms with Gasteiger partial charge in [-0.1, -0.05) is 13.8 Å². The van der Waals surface area contributed by atoms with Crippen molar-refractivity contribution in [2.75, 3.05) is 26.3 Å². The molecule has 0 atom stereocenters. The summed E-state index contributed by atoms with van der Waals surface area (Å²) in [6.45, 7) is 2.55. The molecule has 0 radical (unpaired) electrons. The molecule has 19 heavy (non-hydrogen) atoms. The molecule has 2 amide bonds. The number of carbonyl (C=O) groups excluding carboxylic acids is 3. The third-order valence-electron chi connectivity index (χ3n) is 2.19. The van der Waals surface area contributed by atoms with Gasteiger partial charge < -0.3 is 16.4 Å². The van der Waals surface area contributed by atoms with Gasteiger partial charge in [0.25, 0.3) is 0 Å². The highest BCUT2D eigenvalue weighted by Crippen LogP contribution is 1.92. The van der Waals surface area contributed by atoms with Crippen LogP contribution in [0.15, 0.2) is 5.29 Å². The maximum atomic E-state index is 11.4. The Morgan fingerprint density at radius 2 is 1.84 bits per heavy atom. The Kier molecular flexibility index (Phi) is 8.02. The summed E-state index contributed by atoms with van der Waals surface area (Å²) in [4.78, 5) is 44.0. The Morgan fingerprint density at radius 3 is 2.32 bits per heavy atom. The lowest BCUT2D eigenvalue weighted by Gasteiger charge is -2.15. The number of amides is 2. The van der Waals surface area contributed by atoms with Crippen molar-refractivity contribution in [1.82, 2.24) is 15.6 Å². The Bertz CT molecular complexity index is 345. The molecule has 0 heterocycles. The molecule has 0 rings (SSSR count). The minimum atomic E-state index is -0.532. The molecule has 0 fully saturated rings. The number of carbonyl (C=O) groups is 3. The lowest BCUT2D eigenvalue weighted by molar-refractivity contribution is -0.127. The molecule has 9 heteroatoms. The minimum absolute atomic E-state index is 0.0989. The first-order chi connectivity index (χ1) is 8.90. The number of ketones is 1. The molecule has 0 saturated carbocycles. The van der Waals surface area contributed by atoms with Crippen molar-refractivity contribution in [2.45, 2.75) is 13.8 Å². The number of nitroso groups, excluding NO2 is 1. The van der Waals surface area contributed by atoms with Gasteiger partial charge in [-0.05, 0) is 0 Å². The summed E-state index contributed by atoms with van der Waals surface area (Å²) in [5, 5.41) is 8.04. The van der Waals surface area contributed by atoms with E-state index in [-0.39, 0.29) is 38.0 Å². The molecule has 108 valence electrons. The van der Waals surface area contributed by atoms with Gasteiger partial charge in [0.15, 0.2) is 5.78 Å². The second-order valence-electron chi connectivity index (χ2n) is 4.11. The number of hydrogen-bond acceptors (Lipinski definition) is 6. The van der Waals surface area contributed by atoms with E-state index in [4.69, 9.17) is 5.73 Å². The number of nitrogens with one attached hydrogen (secondary N) is 2. The molecule has 0 aliphatic carbocycles. The van der Waals surface area contributed by atoms with Gasteiger partial charge in [-0.3, -0.25) is 14.4 Å². The van der Waals surface area contributed by atoms with Crippen LogP contribution < -0.4 is 16.4 Å². The van der Waals surface area contributed by atoms with Gasteiger partial charge in [0.05, 0.1) is 18.4 Å². The van der Waals surface area contributed by atoms with Gasteiger partial charge in [-0.15, -0.1) is 4.91 Å². The van der Waals surface area contributed by atoms with Crippen LogP contribution in [0.5, 0.6) is 0 Å². The van der Waals surface area contributed by atoms with Crippen LogP contribution >= 0.6 is 0 Å². The number of hydrogen-bond donors (Lipinski definition) is 3. The topological polar surface area (TPSA) is 134 Å². The maximum absolute atomic E-state index is 11.4. The largest absolute Gasteiger partial charge is 0.347 e. The number of rotatable bonds is 9. The maximum Gasteiger partial charge on any atom is 0.241 e. The molecule has 0 saturated heterocycles. The molecule has 0 aliphatic heterocycles. The summed E-state index contributed by atoms with van der Waals surface area (Å²) in [6.07, 6.45) is 0. The van der Waals surface area contributed by atoms with Crippen molar-refractivity contribution in [3.63, 3.8) is 0 Å². The molecule has 0 bridgehead atoms. The fourth-order valence-corrected chi connectivity index (χ4v) is 0.977. The highest BCUT2D eigenvalue weighted by atomic mass is 16.3. The summed E-state index contributed by atoms with van der Waals surface area (Å²) < 4.78 is 0. The van der Waals surface area contributed by atoms with Crippen molar-refractivity contribution >= 4 is 17.6 Å². The van der Waals surface area contributed by atoms with Crippen LogP contribution in [-0.2, 0) is 14.4 Å². The standard InChI is InChI=1S/C10H19N5O4/c1-7(2)8(16)4-12-10(18)5-15(14-19)6-13-9(17)3-11/h7H,3-6,11H2,1-2H3,(H,12,18)(H,13,17). The van der Waals surface area contributed by atoms with Crippen molar-refractivity contribution in [3.05, 3.63) is 4.91 Å². The van der Waals surface area contributed by atoms with Crippen LogP contribution in [-0.4, -0.2) is 48.9 Å². The molecular weight excluding hydrogens is 254 g/mol. The van der Waals surface area contributed by atoms with E-state index in [2.05, 4.69) is 15.9 Å². The Labute approximate surface area is 110 Å². The van der Waals surface area contributed by atoms with E-state index in [1.807, 2.05) is 0 Å². The van der Waals surface area contributed by atoms with Crippen molar-refractivity contribution in [2.24, 2.45) is 16.9 Å². The molecule has 0 aliphatic rings. The van der Waals surface area contributed by atoms with Crippen LogP contribution in [0, 0.1) is 10.8 Å². The first-order valence-corrected chi connectivity index (χ1v) is 5.75. The van der Waals surface area contributed by atoms with Gasteiger partial charge in [0.1, 0.15) is 13.2 Å². The first kappa shape index (κ1) is 17.0. The summed E-state index contributed by atoms with van der Waals surface area (Å²) >= 11 is 0. The smallest absolute Gasteiger partial charge is 0.241 e. The monoisotopic (exact) mass is 273 g/mol. The molecule has 9 nitrogen and oxygen atoms in total. The highest BCUT2D eigenvalue weighted by Gasteiger charge is 2.13. The number of Topliss-reactive ketones (excluding diaryl/α,β-unsaturated/α-hetero) is 1. The highest BCUT2D eigenvalue weighted by molar-refractivity contribution is 5.87.